The predicted molar refractivity (Wildman–Crippen MR) is 117 cm³/mol. The summed E-state index contributed by atoms with van der Waals surface area (Å²) in [6, 6.07) is 17.3. The predicted octanol–water partition coefficient (Wildman–Crippen LogP) is 4.43. The number of benzene rings is 2. The minimum absolute atomic E-state index is 0.0130. The number of hydrogen-bond donors (Lipinski definition) is 1. The SMILES string of the molecule is CCCN(CC(=O)Nc1ccccc1C)C(=O)/C=C/c1cccc2cccnc12. The van der Waals surface area contributed by atoms with Crippen molar-refractivity contribution in [2.24, 2.45) is 0 Å². The van der Waals surface area contributed by atoms with Crippen LogP contribution in [-0.4, -0.2) is 34.8 Å². The van der Waals surface area contributed by atoms with Crippen molar-refractivity contribution in [3.05, 3.63) is 78.0 Å². The first-order valence-corrected chi connectivity index (χ1v) is 9.74. The Morgan fingerprint density at radius 2 is 1.86 bits per heavy atom. The molecule has 0 saturated carbocycles. The molecule has 0 radical (unpaired) electrons. The molecular formula is C24H25N3O2. The molecule has 29 heavy (non-hydrogen) atoms. The highest BCUT2D eigenvalue weighted by Gasteiger charge is 2.15. The first kappa shape index (κ1) is 20.3. The zero-order valence-corrected chi connectivity index (χ0v) is 16.8. The van der Waals surface area contributed by atoms with E-state index in [1.54, 1.807) is 17.2 Å². The number of nitrogens with one attached hydrogen (secondary N) is 1. The highest BCUT2D eigenvalue weighted by molar-refractivity contribution is 5.99. The van der Waals surface area contributed by atoms with E-state index in [2.05, 4.69) is 10.3 Å². The number of fused-ring (bicyclic) bond motifs is 1. The maximum absolute atomic E-state index is 12.7. The van der Waals surface area contributed by atoms with Gasteiger partial charge in [0, 0.05) is 35.5 Å². The Morgan fingerprint density at radius 3 is 2.66 bits per heavy atom. The largest absolute Gasteiger partial charge is 0.330 e. The minimum Gasteiger partial charge on any atom is -0.330 e. The summed E-state index contributed by atoms with van der Waals surface area (Å²) < 4.78 is 0. The summed E-state index contributed by atoms with van der Waals surface area (Å²) >= 11 is 0. The van der Waals surface area contributed by atoms with Gasteiger partial charge in [-0.15, -0.1) is 0 Å². The van der Waals surface area contributed by atoms with Crippen LogP contribution in [0.1, 0.15) is 24.5 Å². The molecule has 0 aliphatic carbocycles. The number of anilines is 1. The summed E-state index contributed by atoms with van der Waals surface area (Å²) in [5.41, 5.74) is 3.46. The standard InChI is InChI=1S/C24H25N3O2/c1-3-16-27(17-22(28)26-21-12-5-4-8-18(21)2)23(29)14-13-20-10-6-9-19-11-7-15-25-24(19)20/h4-15H,3,16-17H2,1-2H3,(H,26,28)/b14-13+. The summed E-state index contributed by atoms with van der Waals surface area (Å²) in [5.74, 6) is -0.402. The van der Waals surface area contributed by atoms with E-state index in [0.717, 1.165) is 34.1 Å². The van der Waals surface area contributed by atoms with Crippen molar-refractivity contribution in [3.8, 4) is 0 Å². The van der Waals surface area contributed by atoms with Crippen LogP contribution in [0.4, 0.5) is 5.69 Å². The monoisotopic (exact) mass is 387 g/mol. The summed E-state index contributed by atoms with van der Waals surface area (Å²) in [7, 11) is 0. The average Bonchev–Trinajstić information content (AvgIpc) is 2.73. The normalized spacial score (nSPS) is 11.0. The molecule has 0 aliphatic heterocycles. The van der Waals surface area contributed by atoms with Gasteiger partial charge in [-0.2, -0.15) is 0 Å². The van der Waals surface area contributed by atoms with E-state index < -0.39 is 0 Å². The minimum atomic E-state index is -0.207. The highest BCUT2D eigenvalue weighted by atomic mass is 16.2. The van der Waals surface area contributed by atoms with E-state index in [0.29, 0.717) is 6.54 Å². The number of para-hydroxylation sites is 2. The Labute approximate surface area is 171 Å². The van der Waals surface area contributed by atoms with Gasteiger partial charge >= 0.3 is 0 Å². The zero-order valence-electron chi connectivity index (χ0n) is 16.8. The molecule has 1 aromatic heterocycles. The van der Waals surface area contributed by atoms with Gasteiger partial charge in [0.2, 0.25) is 11.8 Å². The number of nitrogens with zero attached hydrogens (tertiary/aromatic N) is 2. The van der Waals surface area contributed by atoms with Crippen LogP contribution in [0.15, 0.2) is 66.9 Å². The van der Waals surface area contributed by atoms with Crippen LogP contribution in [0.3, 0.4) is 0 Å². The van der Waals surface area contributed by atoms with Gasteiger partial charge in [-0.3, -0.25) is 14.6 Å². The summed E-state index contributed by atoms with van der Waals surface area (Å²) in [5, 5.41) is 3.90. The Hall–Kier alpha value is -3.47. The van der Waals surface area contributed by atoms with Crippen LogP contribution in [-0.2, 0) is 9.59 Å². The van der Waals surface area contributed by atoms with Crippen molar-refractivity contribution < 1.29 is 9.59 Å². The van der Waals surface area contributed by atoms with E-state index in [4.69, 9.17) is 0 Å². The number of carbonyl (C=O) groups excluding carboxylic acids is 2. The third-order valence-corrected chi connectivity index (χ3v) is 4.63. The van der Waals surface area contributed by atoms with Crippen LogP contribution < -0.4 is 5.32 Å². The molecule has 0 saturated heterocycles. The lowest BCUT2D eigenvalue weighted by molar-refractivity contribution is -0.130. The van der Waals surface area contributed by atoms with Gasteiger partial charge in [-0.05, 0) is 37.1 Å². The fourth-order valence-corrected chi connectivity index (χ4v) is 3.14. The highest BCUT2D eigenvalue weighted by Crippen LogP contribution is 2.17. The zero-order chi connectivity index (χ0) is 20.6. The average molecular weight is 387 g/mol. The lowest BCUT2D eigenvalue weighted by Gasteiger charge is -2.20. The first-order valence-electron chi connectivity index (χ1n) is 9.74. The third kappa shape index (κ3) is 5.29. The van der Waals surface area contributed by atoms with Crippen molar-refractivity contribution >= 4 is 34.5 Å². The Morgan fingerprint density at radius 1 is 1.07 bits per heavy atom. The van der Waals surface area contributed by atoms with Crippen LogP contribution >= 0.6 is 0 Å². The Balaban J connectivity index is 1.71. The van der Waals surface area contributed by atoms with Crippen molar-refractivity contribution in [2.45, 2.75) is 20.3 Å². The number of rotatable bonds is 7. The van der Waals surface area contributed by atoms with E-state index in [9.17, 15) is 9.59 Å². The van der Waals surface area contributed by atoms with Gasteiger partial charge in [0.15, 0.2) is 0 Å². The second-order valence-corrected chi connectivity index (χ2v) is 6.88. The van der Waals surface area contributed by atoms with Crippen LogP contribution in [0, 0.1) is 6.92 Å². The molecule has 3 aromatic rings. The molecule has 148 valence electrons. The smallest absolute Gasteiger partial charge is 0.247 e. The van der Waals surface area contributed by atoms with Crippen molar-refractivity contribution in [2.75, 3.05) is 18.4 Å². The topological polar surface area (TPSA) is 62.3 Å². The number of carbonyl (C=O) groups is 2. The maximum Gasteiger partial charge on any atom is 0.247 e. The molecule has 2 amide bonds. The third-order valence-electron chi connectivity index (χ3n) is 4.63. The number of aryl methyl sites for hydroxylation is 1. The van der Waals surface area contributed by atoms with E-state index in [-0.39, 0.29) is 18.4 Å². The molecular weight excluding hydrogens is 362 g/mol. The van der Waals surface area contributed by atoms with Crippen LogP contribution in [0.2, 0.25) is 0 Å². The molecule has 1 heterocycles. The molecule has 0 atom stereocenters. The maximum atomic E-state index is 12.7. The quantitative estimate of drug-likeness (QED) is 0.610. The molecule has 0 unspecified atom stereocenters. The Kier molecular flexibility index (Phi) is 6.74. The van der Waals surface area contributed by atoms with Gasteiger partial charge in [-0.25, -0.2) is 0 Å². The van der Waals surface area contributed by atoms with Crippen LogP contribution in [0.5, 0.6) is 0 Å². The molecule has 0 aliphatic rings. The number of aromatic nitrogens is 1. The van der Waals surface area contributed by atoms with Gasteiger partial charge in [0.05, 0.1) is 5.52 Å². The van der Waals surface area contributed by atoms with Gasteiger partial charge < -0.3 is 10.2 Å². The fraction of sp³-hybridized carbons (Fsp3) is 0.208. The van der Waals surface area contributed by atoms with Crippen molar-refractivity contribution in [1.82, 2.24) is 9.88 Å². The number of hydrogen-bond acceptors (Lipinski definition) is 3. The van der Waals surface area contributed by atoms with Gasteiger partial charge in [0.25, 0.3) is 0 Å². The van der Waals surface area contributed by atoms with Crippen molar-refractivity contribution in [1.29, 1.82) is 0 Å². The van der Waals surface area contributed by atoms with Gasteiger partial charge in [0.1, 0.15) is 6.54 Å². The lowest BCUT2D eigenvalue weighted by atomic mass is 10.1. The molecule has 0 spiro atoms. The Bertz CT molecular complexity index is 1040. The molecule has 5 heteroatoms. The lowest BCUT2D eigenvalue weighted by Crippen LogP contribution is -2.37. The first-order chi connectivity index (χ1) is 14.1. The summed E-state index contributed by atoms with van der Waals surface area (Å²) in [6.07, 6.45) is 5.79. The second kappa shape index (κ2) is 9.64. The molecule has 1 N–H and O–H groups in total. The summed E-state index contributed by atoms with van der Waals surface area (Å²) in [6.45, 7) is 4.45. The van der Waals surface area contributed by atoms with E-state index in [1.165, 1.54) is 6.08 Å². The molecule has 0 fully saturated rings. The van der Waals surface area contributed by atoms with E-state index >= 15 is 0 Å². The molecule has 5 nitrogen and oxygen atoms in total. The number of pyridine rings is 1. The van der Waals surface area contributed by atoms with Gasteiger partial charge in [-0.1, -0.05) is 49.4 Å². The molecule has 0 bridgehead atoms. The second-order valence-electron chi connectivity index (χ2n) is 6.88. The summed E-state index contributed by atoms with van der Waals surface area (Å²) in [4.78, 5) is 31.2. The van der Waals surface area contributed by atoms with E-state index in [1.807, 2.05) is 68.4 Å². The molecule has 2 aromatic carbocycles. The fourth-order valence-electron chi connectivity index (χ4n) is 3.14. The molecule has 3 rings (SSSR count). The van der Waals surface area contributed by atoms with Crippen LogP contribution in [0.25, 0.3) is 17.0 Å². The number of amides is 2. The van der Waals surface area contributed by atoms with Crippen molar-refractivity contribution in [3.63, 3.8) is 0 Å².